The molecule has 0 heterocycles. The zero-order valence-corrected chi connectivity index (χ0v) is 10.1. The number of ether oxygens (including phenoxy) is 1. The molecule has 1 rings (SSSR count). The van der Waals surface area contributed by atoms with Crippen LogP contribution < -0.4 is 15.8 Å². The average molecular weight is 256 g/mol. The molecule has 0 saturated heterocycles. The summed E-state index contributed by atoms with van der Waals surface area (Å²) in [5.41, 5.74) is 6.61. The van der Waals surface area contributed by atoms with Crippen molar-refractivity contribution in [3.05, 3.63) is 42.5 Å². The van der Waals surface area contributed by atoms with Crippen molar-refractivity contribution in [3.8, 4) is 5.75 Å². The SMILES string of the molecule is C=CCCNC(CN)c1ccc(OC(F)F)cc1. The van der Waals surface area contributed by atoms with Gasteiger partial charge in [0.15, 0.2) is 0 Å². The van der Waals surface area contributed by atoms with Gasteiger partial charge in [0.2, 0.25) is 0 Å². The van der Waals surface area contributed by atoms with Crippen LogP contribution in [0.3, 0.4) is 0 Å². The Morgan fingerprint density at radius 2 is 2.00 bits per heavy atom. The highest BCUT2D eigenvalue weighted by atomic mass is 19.3. The van der Waals surface area contributed by atoms with Crippen molar-refractivity contribution in [1.82, 2.24) is 5.32 Å². The summed E-state index contributed by atoms with van der Waals surface area (Å²) in [6, 6.07) is 6.50. The van der Waals surface area contributed by atoms with Crippen LogP contribution in [-0.2, 0) is 0 Å². The Morgan fingerprint density at radius 1 is 1.33 bits per heavy atom. The average Bonchev–Trinajstić information content (AvgIpc) is 2.35. The van der Waals surface area contributed by atoms with Gasteiger partial charge in [-0.05, 0) is 30.7 Å². The van der Waals surface area contributed by atoms with Crippen molar-refractivity contribution in [2.24, 2.45) is 5.73 Å². The number of hydrogen-bond acceptors (Lipinski definition) is 3. The molecule has 0 aliphatic heterocycles. The molecule has 0 fully saturated rings. The summed E-state index contributed by atoms with van der Waals surface area (Å²) in [6.45, 7) is 2.05. The van der Waals surface area contributed by atoms with Gasteiger partial charge in [0.05, 0.1) is 0 Å². The van der Waals surface area contributed by atoms with Gasteiger partial charge in [-0.25, -0.2) is 0 Å². The molecule has 1 aromatic carbocycles. The molecule has 0 spiro atoms. The maximum absolute atomic E-state index is 12.0. The van der Waals surface area contributed by atoms with Crippen molar-refractivity contribution in [1.29, 1.82) is 0 Å². The van der Waals surface area contributed by atoms with Gasteiger partial charge >= 0.3 is 6.61 Å². The van der Waals surface area contributed by atoms with Crippen molar-refractivity contribution in [2.75, 3.05) is 13.1 Å². The van der Waals surface area contributed by atoms with Crippen LogP contribution in [0, 0.1) is 0 Å². The van der Waals surface area contributed by atoms with E-state index in [1.54, 1.807) is 12.1 Å². The fourth-order valence-electron chi connectivity index (χ4n) is 1.58. The third-order valence-corrected chi connectivity index (χ3v) is 2.48. The molecule has 3 N–H and O–H groups in total. The number of nitrogens with two attached hydrogens (primary N) is 1. The van der Waals surface area contributed by atoms with E-state index in [2.05, 4.69) is 16.6 Å². The van der Waals surface area contributed by atoms with Crippen LogP contribution in [-0.4, -0.2) is 19.7 Å². The molecule has 1 aromatic rings. The predicted molar refractivity (Wildman–Crippen MR) is 67.7 cm³/mol. The van der Waals surface area contributed by atoms with Crippen molar-refractivity contribution < 1.29 is 13.5 Å². The lowest BCUT2D eigenvalue weighted by Crippen LogP contribution is -2.28. The second-order valence-electron chi connectivity index (χ2n) is 3.77. The Hall–Kier alpha value is -1.46. The summed E-state index contributed by atoms with van der Waals surface area (Å²) in [7, 11) is 0. The highest BCUT2D eigenvalue weighted by Gasteiger charge is 2.09. The predicted octanol–water partition coefficient (Wildman–Crippen LogP) is 2.45. The minimum atomic E-state index is -2.80. The number of hydrogen-bond donors (Lipinski definition) is 2. The van der Waals surface area contributed by atoms with Crippen LogP contribution in [0.4, 0.5) is 8.78 Å². The Morgan fingerprint density at radius 3 is 2.50 bits per heavy atom. The summed E-state index contributed by atoms with van der Waals surface area (Å²) in [5, 5.41) is 3.26. The maximum Gasteiger partial charge on any atom is 0.387 e. The third-order valence-electron chi connectivity index (χ3n) is 2.48. The minimum Gasteiger partial charge on any atom is -0.435 e. The van der Waals surface area contributed by atoms with E-state index in [0.717, 1.165) is 18.5 Å². The van der Waals surface area contributed by atoms with Gasteiger partial charge < -0.3 is 15.8 Å². The van der Waals surface area contributed by atoms with Crippen molar-refractivity contribution >= 4 is 0 Å². The minimum absolute atomic E-state index is 0.00514. The van der Waals surface area contributed by atoms with Gasteiger partial charge in [0.1, 0.15) is 5.75 Å². The first-order chi connectivity index (χ1) is 8.67. The fourth-order valence-corrected chi connectivity index (χ4v) is 1.58. The summed E-state index contributed by atoms with van der Waals surface area (Å²) in [5.74, 6) is 0.149. The summed E-state index contributed by atoms with van der Waals surface area (Å²) in [4.78, 5) is 0. The zero-order chi connectivity index (χ0) is 13.4. The highest BCUT2D eigenvalue weighted by Crippen LogP contribution is 2.18. The van der Waals surface area contributed by atoms with Crippen LogP contribution in [0.15, 0.2) is 36.9 Å². The molecule has 5 heteroatoms. The zero-order valence-electron chi connectivity index (χ0n) is 10.1. The van der Waals surface area contributed by atoms with Crippen LogP contribution >= 0.6 is 0 Å². The number of rotatable bonds is 8. The largest absolute Gasteiger partial charge is 0.435 e. The Bertz CT molecular complexity index is 355. The first-order valence-corrected chi connectivity index (χ1v) is 5.76. The van der Waals surface area contributed by atoms with E-state index < -0.39 is 6.61 Å². The molecule has 1 unspecified atom stereocenters. The normalized spacial score (nSPS) is 12.4. The van der Waals surface area contributed by atoms with Gasteiger partial charge in [-0.2, -0.15) is 8.78 Å². The van der Waals surface area contributed by atoms with Crippen LogP contribution in [0.25, 0.3) is 0 Å². The second kappa shape index (κ2) is 7.79. The molecule has 0 aliphatic carbocycles. The lowest BCUT2D eigenvalue weighted by molar-refractivity contribution is -0.0498. The molecule has 0 saturated carbocycles. The van der Waals surface area contributed by atoms with Gasteiger partial charge in [-0.15, -0.1) is 6.58 Å². The molecule has 1 atom stereocenters. The molecule has 18 heavy (non-hydrogen) atoms. The number of benzene rings is 1. The monoisotopic (exact) mass is 256 g/mol. The van der Waals surface area contributed by atoms with Crippen molar-refractivity contribution in [2.45, 2.75) is 19.1 Å². The van der Waals surface area contributed by atoms with E-state index in [1.165, 1.54) is 12.1 Å². The second-order valence-corrected chi connectivity index (χ2v) is 3.77. The standard InChI is InChI=1S/C13H18F2N2O/c1-2-3-8-17-12(9-16)10-4-6-11(7-5-10)18-13(14)15/h2,4-7,12-13,17H,1,3,8-9,16H2. The molecule has 100 valence electrons. The van der Waals surface area contributed by atoms with Gasteiger partial charge in [-0.3, -0.25) is 0 Å². The van der Waals surface area contributed by atoms with Crippen LogP contribution in [0.2, 0.25) is 0 Å². The molecule has 0 amide bonds. The summed E-state index contributed by atoms with van der Waals surface area (Å²) >= 11 is 0. The Kier molecular flexibility index (Phi) is 6.32. The maximum atomic E-state index is 12.0. The van der Waals surface area contributed by atoms with Crippen LogP contribution in [0.5, 0.6) is 5.75 Å². The van der Waals surface area contributed by atoms with E-state index in [1.807, 2.05) is 6.08 Å². The smallest absolute Gasteiger partial charge is 0.387 e. The lowest BCUT2D eigenvalue weighted by atomic mass is 10.1. The highest BCUT2D eigenvalue weighted by molar-refractivity contribution is 5.29. The lowest BCUT2D eigenvalue weighted by Gasteiger charge is -2.17. The topological polar surface area (TPSA) is 47.3 Å². The summed E-state index contributed by atoms with van der Waals surface area (Å²) in [6.07, 6.45) is 2.67. The first-order valence-electron chi connectivity index (χ1n) is 5.76. The molecule has 0 radical (unpaired) electrons. The van der Waals surface area contributed by atoms with Crippen molar-refractivity contribution in [3.63, 3.8) is 0 Å². The van der Waals surface area contributed by atoms with E-state index >= 15 is 0 Å². The van der Waals surface area contributed by atoms with E-state index in [9.17, 15) is 8.78 Å². The summed E-state index contributed by atoms with van der Waals surface area (Å²) < 4.78 is 28.3. The van der Waals surface area contributed by atoms with Gasteiger partial charge in [-0.1, -0.05) is 18.2 Å². The Labute approximate surface area is 106 Å². The third kappa shape index (κ3) is 4.81. The number of nitrogens with one attached hydrogen (secondary N) is 1. The van der Waals surface area contributed by atoms with Crippen LogP contribution in [0.1, 0.15) is 18.0 Å². The van der Waals surface area contributed by atoms with E-state index in [-0.39, 0.29) is 11.8 Å². The quantitative estimate of drug-likeness (QED) is 0.555. The molecule has 0 bridgehead atoms. The number of alkyl halides is 2. The molecule has 0 aromatic heterocycles. The van der Waals surface area contributed by atoms with Gasteiger partial charge in [0, 0.05) is 12.6 Å². The number of halogens is 2. The molecular weight excluding hydrogens is 238 g/mol. The molecule has 0 aliphatic rings. The van der Waals surface area contributed by atoms with E-state index in [0.29, 0.717) is 6.54 Å². The fraction of sp³-hybridized carbons (Fsp3) is 0.385. The Balaban J connectivity index is 2.60. The van der Waals surface area contributed by atoms with E-state index in [4.69, 9.17) is 5.73 Å². The first kappa shape index (κ1) is 14.6. The van der Waals surface area contributed by atoms with Gasteiger partial charge in [0.25, 0.3) is 0 Å². The molecule has 3 nitrogen and oxygen atoms in total. The molecular formula is C13H18F2N2O.